The van der Waals surface area contributed by atoms with Crippen LogP contribution in [-0.2, 0) is 18.5 Å². The lowest BCUT2D eigenvalue weighted by Gasteiger charge is -2.42. The van der Waals surface area contributed by atoms with E-state index < -0.39 is 0 Å². The van der Waals surface area contributed by atoms with Gasteiger partial charge in [-0.05, 0) is 18.8 Å². The largest absolute Gasteiger partial charge is 0.332 e. The van der Waals surface area contributed by atoms with E-state index in [1.165, 1.54) is 43.5 Å². The van der Waals surface area contributed by atoms with E-state index in [0.717, 1.165) is 19.5 Å². The topological polar surface area (TPSA) is 29.9 Å². The van der Waals surface area contributed by atoms with Gasteiger partial charge in [0.1, 0.15) is 0 Å². The monoisotopic (exact) mass is 247 g/mol. The molecule has 0 amide bonds. The van der Waals surface area contributed by atoms with Crippen LogP contribution < -0.4 is 5.32 Å². The van der Waals surface area contributed by atoms with Crippen LogP contribution in [-0.4, -0.2) is 16.1 Å². The molecule has 18 heavy (non-hydrogen) atoms. The van der Waals surface area contributed by atoms with E-state index in [0.29, 0.717) is 5.92 Å². The highest BCUT2D eigenvalue weighted by atomic mass is 15.1. The van der Waals surface area contributed by atoms with Crippen molar-refractivity contribution in [2.75, 3.05) is 6.54 Å². The van der Waals surface area contributed by atoms with Gasteiger partial charge in [-0.2, -0.15) is 0 Å². The van der Waals surface area contributed by atoms with E-state index >= 15 is 0 Å². The van der Waals surface area contributed by atoms with Crippen molar-refractivity contribution in [3.8, 4) is 0 Å². The Labute approximate surface area is 110 Å². The fraction of sp³-hybridized carbons (Fsp3) is 0.800. The van der Waals surface area contributed by atoms with Gasteiger partial charge in [0.25, 0.3) is 0 Å². The van der Waals surface area contributed by atoms with Crippen LogP contribution in [0.15, 0.2) is 6.33 Å². The Balaban J connectivity index is 1.99. The van der Waals surface area contributed by atoms with Gasteiger partial charge in [0, 0.05) is 19.5 Å². The Morgan fingerprint density at radius 2 is 2.11 bits per heavy atom. The van der Waals surface area contributed by atoms with Crippen molar-refractivity contribution in [1.82, 2.24) is 14.9 Å². The van der Waals surface area contributed by atoms with Crippen LogP contribution in [0.5, 0.6) is 0 Å². The van der Waals surface area contributed by atoms with Gasteiger partial charge in [-0.1, -0.05) is 33.1 Å². The zero-order valence-electron chi connectivity index (χ0n) is 11.7. The molecule has 1 aliphatic heterocycles. The molecule has 1 fully saturated rings. The molecule has 0 aromatic carbocycles. The average Bonchev–Trinajstić information content (AvgIpc) is 2.74. The minimum atomic E-state index is 0.247. The second-order valence-corrected chi connectivity index (χ2v) is 6.41. The van der Waals surface area contributed by atoms with E-state index in [-0.39, 0.29) is 5.54 Å². The molecule has 100 valence electrons. The molecule has 2 heterocycles. The van der Waals surface area contributed by atoms with E-state index in [1.54, 1.807) is 0 Å². The summed E-state index contributed by atoms with van der Waals surface area (Å²) in [5.41, 5.74) is 3.12. The molecule has 0 unspecified atom stereocenters. The van der Waals surface area contributed by atoms with Crippen LogP contribution in [0.4, 0.5) is 0 Å². The zero-order chi connectivity index (χ0) is 12.6. The number of nitrogens with one attached hydrogen (secondary N) is 1. The minimum Gasteiger partial charge on any atom is -0.332 e. The number of rotatable bonds is 2. The van der Waals surface area contributed by atoms with Crippen LogP contribution in [0.2, 0.25) is 0 Å². The van der Waals surface area contributed by atoms with Crippen molar-refractivity contribution >= 4 is 0 Å². The maximum absolute atomic E-state index is 4.68. The van der Waals surface area contributed by atoms with Crippen LogP contribution in [0.3, 0.4) is 0 Å². The number of fused-ring (bicyclic) bond motifs is 2. The minimum absolute atomic E-state index is 0.247. The molecule has 0 radical (unpaired) electrons. The molecule has 0 atom stereocenters. The number of hydrogen-bond acceptors (Lipinski definition) is 2. The van der Waals surface area contributed by atoms with Crippen molar-refractivity contribution in [3.05, 3.63) is 17.7 Å². The summed E-state index contributed by atoms with van der Waals surface area (Å²) >= 11 is 0. The number of aromatic nitrogens is 2. The molecule has 1 spiro atoms. The molecule has 3 nitrogen and oxygen atoms in total. The molecule has 0 saturated heterocycles. The molecule has 2 aliphatic rings. The Morgan fingerprint density at radius 3 is 2.83 bits per heavy atom. The van der Waals surface area contributed by atoms with E-state index in [2.05, 4.69) is 35.0 Å². The lowest BCUT2D eigenvalue weighted by atomic mass is 9.76. The molecule has 1 aromatic heterocycles. The second-order valence-electron chi connectivity index (χ2n) is 6.41. The number of imidazole rings is 1. The summed E-state index contributed by atoms with van der Waals surface area (Å²) in [6, 6.07) is 0. The van der Waals surface area contributed by atoms with Crippen molar-refractivity contribution in [3.63, 3.8) is 0 Å². The lowest BCUT2D eigenvalue weighted by molar-refractivity contribution is 0.207. The molecule has 3 rings (SSSR count). The van der Waals surface area contributed by atoms with Gasteiger partial charge in [0.05, 0.1) is 23.3 Å². The normalized spacial score (nSPS) is 22.4. The Morgan fingerprint density at radius 1 is 1.33 bits per heavy atom. The van der Waals surface area contributed by atoms with Gasteiger partial charge in [0.2, 0.25) is 0 Å². The molecule has 1 aliphatic carbocycles. The highest BCUT2D eigenvalue weighted by molar-refractivity contribution is 5.27. The fourth-order valence-electron chi connectivity index (χ4n) is 3.76. The molecule has 1 saturated carbocycles. The first-order valence-corrected chi connectivity index (χ1v) is 7.51. The van der Waals surface area contributed by atoms with Crippen molar-refractivity contribution in [2.24, 2.45) is 5.92 Å². The summed E-state index contributed by atoms with van der Waals surface area (Å²) in [7, 11) is 0. The van der Waals surface area contributed by atoms with Gasteiger partial charge in [-0.25, -0.2) is 4.98 Å². The molecule has 3 heteroatoms. The van der Waals surface area contributed by atoms with E-state index in [4.69, 9.17) is 0 Å². The average molecular weight is 247 g/mol. The maximum atomic E-state index is 4.68. The quantitative estimate of drug-likeness (QED) is 0.871. The summed E-state index contributed by atoms with van der Waals surface area (Å²) in [4.78, 5) is 4.68. The first kappa shape index (κ1) is 12.2. The van der Waals surface area contributed by atoms with E-state index in [1.807, 2.05) is 0 Å². The molecule has 1 aromatic rings. The Hall–Kier alpha value is -0.830. The molecular formula is C15H25N3. The summed E-state index contributed by atoms with van der Waals surface area (Å²) in [5, 5.41) is 3.83. The predicted molar refractivity (Wildman–Crippen MR) is 73.5 cm³/mol. The second kappa shape index (κ2) is 4.69. The van der Waals surface area contributed by atoms with Crippen molar-refractivity contribution in [2.45, 2.75) is 64.5 Å². The van der Waals surface area contributed by atoms with Gasteiger partial charge in [-0.3, -0.25) is 0 Å². The summed E-state index contributed by atoms with van der Waals surface area (Å²) in [5.74, 6) is 0.686. The molecule has 1 N–H and O–H groups in total. The van der Waals surface area contributed by atoms with Crippen molar-refractivity contribution in [1.29, 1.82) is 0 Å². The molecule has 0 bridgehead atoms. The number of hydrogen-bond donors (Lipinski definition) is 1. The SMILES string of the molecule is CC(C)Cn1cnc2c1C1(CCCCC1)NCC2. The fourth-order valence-corrected chi connectivity index (χ4v) is 3.76. The zero-order valence-corrected chi connectivity index (χ0v) is 11.7. The van der Waals surface area contributed by atoms with E-state index in [9.17, 15) is 0 Å². The van der Waals surface area contributed by atoms with Crippen LogP contribution in [0, 0.1) is 5.92 Å². The Bertz CT molecular complexity index is 413. The Kier molecular flexibility index (Phi) is 3.18. The highest BCUT2D eigenvalue weighted by Crippen LogP contribution is 2.40. The first-order chi connectivity index (χ1) is 8.71. The maximum Gasteiger partial charge on any atom is 0.0952 e. The first-order valence-electron chi connectivity index (χ1n) is 7.51. The van der Waals surface area contributed by atoms with Gasteiger partial charge >= 0.3 is 0 Å². The van der Waals surface area contributed by atoms with Crippen LogP contribution in [0.25, 0.3) is 0 Å². The van der Waals surface area contributed by atoms with Gasteiger partial charge in [-0.15, -0.1) is 0 Å². The van der Waals surface area contributed by atoms with Gasteiger partial charge in [0.15, 0.2) is 0 Å². The third-order valence-corrected chi connectivity index (χ3v) is 4.46. The standard InChI is InChI=1S/C15H25N3/c1-12(2)10-18-11-16-13-6-9-17-15(14(13)18)7-4-3-5-8-15/h11-12,17H,3-10H2,1-2H3. The highest BCUT2D eigenvalue weighted by Gasteiger charge is 2.40. The van der Waals surface area contributed by atoms with Gasteiger partial charge < -0.3 is 9.88 Å². The smallest absolute Gasteiger partial charge is 0.0952 e. The third kappa shape index (κ3) is 1.99. The summed E-state index contributed by atoms with van der Waals surface area (Å²) in [6.45, 7) is 6.78. The third-order valence-electron chi connectivity index (χ3n) is 4.46. The van der Waals surface area contributed by atoms with Crippen LogP contribution >= 0.6 is 0 Å². The van der Waals surface area contributed by atoms with Crippen LogP contribution in [0.1, 0.15) is 57.3 Å². The summed E-state index contributed by atoms with van der Waals surface area (Å²) < 4.78 is 2.43. The van der Waals surface area contributed by atoms with Crippen molar-refractivity contribution < 1.29 is 0 Å². The number of nitrogens with zero attached hydrogens (tertiary/aromatic N) is 2. The summed E-state index contributed by atoms with van der Waals surface area (Å²) in [6.07, 6.45) is 9.89. The predicted octanol–water partition coefficient (Wildman–Crippen LogP) is 2.84. The molecular weight excluding hydrogens is 222 g/mol. The lowest BCUT2D eigenvalue weighted by Crippen LogP contribution is -2.49.